The zero-order valence-electron chi connectivity index (χ0n) is 19.2. The van der Waals surface area contributed by atoms with Crippen LogP contribution in [0.2, 0.25) is 0 Å². The summed E-state index contributed by atoms with van der Waals surface area (Å²) in [5.41, 5.74) is 0.142. The van der Waals surface area contributed by atoms with Crippen molar-refractivity contribution in [3.63, 3.8) is 0 Å². The van der Waals surface area contributed by atoms with Crippen LogP contribution in [0, 0.1) is 10.1 Å². The number of benzene rings is 2. The third-order valence-corrected chi connectivity index (χ3v) is 4.61. The van der Waals surface area contributed by atoms with Crippen molar-refractivity contribution < 1.29 is 33.5 Å². The molecule has 182 valence electrons. The highest BCUT2D eigenvalue weighted by atomic mass is 16.6. The first kappa shape index (κ1) is 26.1. The number of esters is 1. The lowest BCUT2D eigenvalue weighted by atomic mass is 10.2. The Morgan fingerprint density at radius 2 is 1.82 bits per heavy atom. The number of carbonyl (C=O) groups is 3. The highest BCUT2D eigenvalue weighted by Gasteiger charge is 2.21. The number of anilines is 1. The first-order chi connectivity index (χ1) is 16.2. The fraction of sp³-hybridized carbons (Fsp3) is 0.348. The number of nitro groups is 1. The van der Waals surface area contributed by atoms with Crippen LogP contribution in [0.5, 0.6) is 11.5 Å². The Morgan fingerprint density at radius 1 is 1.12 bits per heavy atom. The fourth-order valence-corrected chi connectivity index (χ4v) is 2.73. The maximum Gasteiger partial charge on any atom is 0.326 e. The highest BCUT2D eigenvalue weighted by molar-refractivity contribution is 5.98. The monoisotopic (exact) mass is 473 g/mol. The Kier molecular flexibility index (Phi) is 9.81. The SMILES string of the molecule is CCCCOc1ccc(C(=O)NCC(=O)OC(C)C(=O)Nc2cc([N+](=O)[O-])ccc2OC)cc1. The average Bonchev–Trinajstić information content (AvgIpc) is 2.83. The van der Waals surface area contributed by atoms with Gasteiger partial charge in [0.2, 0.25) is 0 Å². The molecule has 11 nitrogen and oxygen atoms in total. The summed E-state index contributed by atoms with van der Waals surface area (Å²) in [4.78, 5) is 47.0. The molecule has 2 aromatic carbocycles. The number of amides is 2. The van der Waals surface area contributed by atoms with Crippen molar-refractivity contribution >= 4 is 29.2 Å². The van der Waals surface area contributed by atoms with Gasteiger partial charge in [0.05, 0.1) is 24.3 Å². The van der Waals surface area contributed by atoms with Crippen molar-refractivity contribution in [2.24, 2.45) is 0 Å². The molecule has 0 aliphatic carbocycles. The van der Waals surface area contributed by atoms with Crippen molar-refractivity contribution in [3.8, 4) is 11.5 Å². The summed E-state index contributed by atoms with van der Waals surface area (Å²) < 4.78 is 15.7. The molecule has 2 amide bonds. The van der Waals surface area contributed by atoms with Crippen LogP contribution in [0.25, 0.3) is 0 Å². The van der Waals surface area contributed by atoms with E-state index in [1.807, 2.05) is 0 Å². The van der Waals surface area contributed by atoms with E-state index < -0.39 is 35.4 Å². The summed E-state index contributed by atoms with van der Waals surface area (Å²) in [5, 5.41) is 15.8. The summed E-state index contributed by atoms with van der Waals surface area (Å²) in [6.07, 6.45) is 0.715. The number of unbranched alkanes of at least 4 members (excludes halogenated alkanes) is 1. The number of non-ortho nitro benzene ring substituents is 1. The lowest BCUT2D eigenvalue weighted by molar-refractivity contribution is -0.384. The number of rotatable bonds is 12. The van der Waals surface area contributed by atoms with Gasteiger partial charge in [-0.25, -0.2) is 0 Å². The molecule has 0 fully saturated rings. The molecule has 0 heterocycles. The van der Waals surface area contributed by atoms with E-state index in [4.69, 9.17) is 14.2 Å². The van der Waals surface area contributed by atoms with Gasteiger partial charge in [-0.2, -0.15) is 0 Å². The number of ether oxygens (including phenoxy) is 3. The molecule has 0 saturated heterocycles. The minimum atomic E-state index is -1.23. The zero-order valence-corrected chi connectivity index (χ0v) is 19.2. The average molecular weight is 473 g/mol. The van der Waals surface area contributed by atoms with Crippen LogP contribution in [-0.2, 0) is 14.3 Å². The van der Waals surface area contributed by atoms with Crippen LogP contribution in [0.1, 0.15) is 37.0 Å². The molecule has 0 bridgehead atoms. The Morgan fingerprint density at radius 3 is 2.44 bits per heavy atom. The Balaban J connectivity index is 1.85. The maximum atomic E-state index is 12.4. The van der Waals surface area contributed by atoms with Gasteiger partial charge in [0, 0.05) is 17.7 Å². The molecule has 0 saturated carbocycles. The summed E-state index contributed by atoms with van der Waals surface area (Å²) >= 11 is 0. The molecule has 1 unspecified atom stereocenters. The lowest BCUT2D eigenvalue weighted by Crippen LogP contribution is -2.35. The number of hydrogen-bond acceptors (Lipinski definition) is 8. The molecule has 34 heavy (non-hydrogen) atoms. The van der Waals surface area contributed by atoms with Gasteiger partial charge in [-0.05, 0) is 43.7 Å². The number of nitrogens with zero attached hydrogens (tertiary/aromatic N) is 1. The van der Waals surface area contributed by atoms with Crippen molar-refractivity contribution in [1.82, 2.24) is 5.32 Å². The molecular formula is C23H27N3O8. The van der Waals surface area contributed by atoms with Gasteiger partial charge in [0.25, 0.3) is 17.5 Å². The van der Waals surface area contributed by atoms with E-state index >= 15 is 0 Å². The number of carbonyl (C=O) groups excluding carboxylic acids is 3. The molecule has 1 atom stereocenters. The molecule has 0 radical (unpaired) electrons. The fourth-order valence-electron chi connectivity index (χ4n) is 2.73. The number of nitrogens with one attached hydrogen (secondary N) is 2. The van der Waals surface area contributed by atoms with E-state index in [1.165, 1.54) is 26.2 Å². The molecule has 0 aliphatic heterocycles. The van der Waals surface area contributed by atoms with Gasteiger partial charge in [-0.15, -0.1) is 0 Å². The maximum absolute atomic E-state index is 12.4. The predicted octanol–water partition coefficient (Wildman–Crippen LogP) is 3.08. The predicted molar refractivity (Wildman–Crippen MR) is 123 cm³/mol. The van der Waals surface area contributed by atoms with E-state index in [1.54, 1.807) is 24.3 Å². The van der Waals surface area contributed by atoms with Gasteiger partial charge in [-0.1, -0.05) is 13.3 Å². The minimum absolute atomic E-state index is 0.0556. The molecular weight excluding hydrogens is 446 g/mol. The third-order valence-electron chi connectivity index (χ3n) is 4.61. The van der Waals surface area contributed by atoms with Crippen molar-refractivity contribution in [1.29, 1.82) is 0 Å². The lowest BCUT2D eigenvalue weighted by Gasteiger charge is -2.15. The summed E-state index contributed by atoms with van der Waals surface area (Å²) in [5.74, 6) is -1.20. The normalized spacial score (nSPS) is 11.1. The van der Waals surface area contributed by atoms with Crippen LogP contribution in [0.15, 0.2) is 42.5 Å². The van der Waals surface area contributed by atoms with Crippen LogP contribution in [0.4, 0.5) is 11.4 Å². The quantitative estimate of drug-likeness (QED) is 0.207. The van der Waals surface area contributed by atoms with Crippen LogP contribution in [-0.4, -0.2) is 49.1 Å². The topological polar surface area (TPSA) is 146 Å². The third kappa shape index (κ3) is 7.76. The van der Waals surface area contributed by atoms with E-state index in [9.17, 15) is 24.5 Å². The summed E-state index contributed by atoms with van der Waals surface area (Å²) in [6, 6.07) is 10.2. The first-order valence-electron chi connectivity index (χ1n) is 10.6. The van der Waals surface area contributed by atoms with Crippen LogP contribution in [0.3, 0.4) is 0 Å². The molecule has 2 rings (SSSR count). The zero-order chi connectivity index (χ0) is 25.1. The molecule has 11 heteroatoms. The smallest absolute Gasteiger partial charge is 0.326 e. The summed E-state index contributed by atoms with van der Waals surface area (Å²) in [7, 11) is 1.34. The first-order valence-corrected chi connectivity index (χ1v) is 10.6. The molecule has 2 N–H and O–H groups in total. The molecule has 0 aliphatic rings. The number of hydrogen-bond donors (Lipinski definition) is 2. The van der Waals surface area contributed by atoms with Gasteiger partial charge in [-0.3, -0.25) is 24.5 Å². The Bertz CT molecular complexity index is 1020. The summed E-state index contributed by atoms with van der Waals surface area (Å²) in [6.45, 7) is 3.53. The van der Waals surface area contributed by atoms with Crippen LogP contribution >= 0.6 is 0 Å². The van der Waals surface area contributed by atoms with E-state index in [0.717, 1.165) is 18.9 Å². The molecule has 2 aromatic rings. The minimum Gasteiger partial charge on any atom is -0.495 e. The second-order valence-corrected chi connectivity index (χ2v) is 7.17. The molecule has 0 aromatic heterocycles. The standard InChI is InChI=1S/C23H27N3O8/c1-4-5-12-33-18-9-6-16(7-10-18)23(29)24-14-21(27)34-15(2)22(28)25-19-13-17(26(30)31)8-11-20(19)32-3/h6-11,13,15H,4-5,12,14H2,1-3H3,(H,24,29)(H,25,28). The van der Waals surface area contributed by atoms with E-state index in [-0.39, 0.29) is 17.1 Å². The van der Waals surface area contributed by atoms with Crippen molar-refractivity contribution in [2.45, 2.75) is 32.8 Å². The van der Waals surface area contributed by atoms with E-state index in [0.29, 0.717) is 17.9 Å². The van der Waals surface area contributed by atoms with Crippen LogP contribution < -0.4 is 20.1 Å². The van der Waals surface area contributed by atoms with Gasteiger partial charge in [0.1, 0.15) is 18.0 Å². The highest BCUT2D eigenvalue weighted by Crippen LogP contribution is 2.29. The van der Waals surface area contributed by atoms with Gasteiger partial charge >= 0.3 is 5.97 Å². The second-order valence-electron chi connectivity index (χ2n) is 7.17. The van der Waals surface area contributed by atoms with Crippen molar-refractivity contribution in [3.05, 3.63) is 58.1 Å². The Hall–Kier alpha value is -4.15. The van der Waals surface area contributed by atoms with Crippen molar-refractivity contribution in [2.75, 3.05) is 25.6 Å². The second kappa shape index (κ2) is 12.8. The van der Waals surface area contributed by atoms with E-state index in [2.05, 4.69) is 17.6 Å². The Labute approximate surface area is 196 Å². The van der Waals surface area contributed by atoms with Gasteiger partial charge in [0.15, 0.2) is 6.10 Å². The van der Waals surface area contributed by atoms with Gasteiger partial charge < -0.3 is 24.8 Å². The largest absolute Gasteiger partial charge is 0.495 e. The molecule has 0 spiro atoms. The number of nitro benzene ring substituents is 1. The number of methoxy groups -OCH3 is 1.